The molecule has 0 spiro atoms. The lowest BCUT2D eigenvalue weighted by Gasteiger charge is -2.07. The Kier molecular flexibility index (Phi) is 5.31. The number of rotatable bonds is 4. The zero-order chi connectivity index (χ0) is 15.9. The average Bonchev–Trinajstić information content (AvgIpc) is 2.55. The molecule has 2 aromatic rings. The molecule has 0 bridgehead atoms. The third kappa shape index (κ3) is 4.45. The molecule has 0 saturated heterocycles. The highest BCUT2D eigenvalue weighted by Crippen LogP contribution is 2.08. The summed E-state index contributed by atoms with van der Waals surface area (Å²) in [5.74, 6) is -1.30. The molecular weight excluding hydrogens is 276 g/mol. The van der Waals surface area contributed by atoms with Gasteiger partial charge in [0.2, 0.25) is 0 Å². The van der Waals surface area contributed by atoms with Crippen LogP contribution in [0.3, 0.4) is 0 Å². The van der Waals surface area contributed by atoms with Gasteiger partial charge in [-0.15, -0.1) is 0 Å². The number of hydrogen-bond donors (Lipinski definition) is 2. The molecule has 2 rings (SSSR count). The normalized spacial score (nSPS) is 10.1. The molecule has 0 aliphatic heterocycles. The number of nitrogens with one attached hydrogen (secondary N) is 2. The summed E-state index contributed by atoms with van der Waals surface area (Å²) in [5.41, 5.74) is 3.91. The van der Waals surface area contributed by atoms with Gasteiger partial charge < -0.3 is 10.6 Å². The van der Waals surface area contributed by atoms with Crippen LogP contribution >= 0.6 is 0 Å². The van der Waals surface area contributed by atoms with E-state index in [0.29, 0.717) is 12.2 Å². The van der Waals surface area contributed by atoms with Crippen molar-refractivity contribution in [2.45, 2.75) is 26.8 Å². The lowest BCUT2D eigenvalue weighted by Crippen LogP contribution is -2.34. The molecule has 2 N–H and O–H groups in total. The fourth-order valence-corrected chi connectivity index (χ4v) is 1.98. The van der Waals surface area contributed by atoms with Gasteiger partial charge in [0, 0.05) is 12.2 Å². The van der Waals surface area contributed by atoms with E-state index in [1.807, 2.05) is 43.3 Å². The molecular formula is C18H20N2O2. The monoisotopic (exact) mass is 296 g/mol. The van der Waals surface area contributed by atoms with Gasteiger partial charge >= 0.3 is 11.8 Å². The van der Waals surface area contributed by atoms with Crippen molar-refractivity contribution in [2.24, 2.45) is 0 Å². The van der Waals surface area contributed by atoms with Gasteiger partial charge in [0.25, 0.3) is 0 Å². The minimum Gasteiger partial charge on any atom is -0.344 e. The second-order valence-corrected chi connectivity index (χ2v) is 5.17. The van der Waals surface area contributed by atoms with E-state index in [0.717, 1.165) is 17.5 Å². The maximum Gasteiger partial charge on any atom is 0.313 e. The molecule has 22 heavy (non-hydrogen) atoms. The molecule has 2 amide bonds. The molecule has 4 heteroatoms. The van der Waals surface area contributed by atoms with Crippen molar-refractivity contribution in [2.75, 3.05) is 5.32 Å². The zero-order valence-electron chi connectivity index (χ0n) is 12.8. The van der Waals surface area contributed by atoms with Gasteiger partial charge in [-0.25, -0.2) is 0 Å². The van der Waals surface area contributed by atoms with E-state index in [9.17, 15) is 9.59 Å². The highest BCUT2D eigenvalue weighted by Gasteiger charge is 2.13. The molecule has 0 heterocycles. The van der Waals surface area contributed by atoms with E-state index >= 15 is 0 Å². The van der Waals surface area contributed by atoms with Gasteiger partial charge in [-0.05, 0) is 36.6 Å². The first-order valence-electron chi connectivity index (χ1n) is 7.32. The standard InChI is InChI=1S/C18H20N2O2/c1-3-14-6-8-15(9-7-14)12-19-17(21)18(22)20-16-10-4-13(2)5-11-16/h4-11H,3,12H2,1-2H3,(H,19,21)(H,20,22). The maximum absolute atomic E-state index is 11.8. The Bertz CT molecular complexity index is 646. The van der Waals surface area contributed by atoms with Gasteiger partial charge in [0.05, 0.1) is 0 Å². The second-order valence-electron chi connectivity index (χ2n) is 5.17. The largest absolute Gasteiger partial charge is 0.344 e. The van der Waals surface area contributed by atoms with Gasteiger partial charge in [-0.3, -0.25) is 9.59 Å². The maximum atomic E-state index is 11.8. The first kappa shape index (κ1) is 15.8. The van der Waals surface area contributed by atoms with E-state index in [4.69, 9.17) is 0 Å². The fourth-order valence-electron chi connectivity index (χ4n) is 1.98. The van der Waals surface area contributed by atoms with Crippen LogP contribution in [0.15, 0.2) is 48.5 Å². The van der Waals surface area contributed by atoms with E-state index in [1.54, 1.807) is 12.1 Å². The molecule has 0 atom stereocenters. The van der Waals surface area contributed by atoms with Crippen molar-refractivity contribution in [3.05, 3.63) is 65.2 Å². The molecule has 0 aliphatic carbocycles. The Balaban J connectivity index is 1.85. The number of anilines is 1. The first-order valence-corrected chi connectivity index (χ1v) is 7.32. The summed E-state index contributed by atoms with van der Waals surface area (Å²) < 4.78 is 0. The highest BCUT2D eigenvalue weighted by atomic mass is 16.2. The van der Waals surface area contributed by atoms with Crippen molar-refractivity contribution in [3.63, 3.8) is 0 Å². The topological polar surface area (TPSA) is 58.2 Å². The number of benzene rings is 2. The lowest BCUT2D eigenvalue weighted by atomic mass is 10.1. The lowest BCUT2D eigenvalue weighted by molar-refractivity contribution is -0.136. The molecule has 2 aromatic carbocycles. The minimum absolute atomic E-state index is 0.337. The van der Waals surface area contributed by atoms with Crippen LogP contribution in [0.1, 0.15) is 23.6 Å². The van der Waals surface area contributed by atoms with Crippen molar-refractivity contribution in [1.82, 2.24) is 5.32 Å². The van der Waals surface area contributed by atoms with Crippen LogP contribution in [0.2, 0.25) is 0 Å². The van der Waals surface area contributed by atoms with Crippen LogP contribution in [0.4, 0.5) is 5.69 Å². The quantitative estimate of drug-likeness (QED) is 0.852. The number of carbonyl (C=O) groups is 2. The molecule has 0 fully saturated rings. The molecule has 114 valence electrons. The Morgan fingerprint density at radius 1 is 0.864 bits per heavy atom. The molecule has 0 saturated carbocycles. The first-order chi connectivity index (χ1) is 10.6. The van der Waals surface area contributed by atoms with E-state index in [-0.39, 0.29) is 0 Å². The zero-order valence-corrected chi connectivity index (χ0v) is 12.8. The van der Waals surface area contributed by atoms with Crippen LogP contribution in [0.5, 0.6) is 0 Å². The molecule has 0 aromatic heterocycles. The number of hydrogen-bond acceptors (Lipinski definition) is 2. The second kappa shape index (κ2) is 7.41. The Morgan fingerprint density at radius 3 is 2.05 bits per heavy atom. The predicted octanol–water partition coefficient (Wildman–Crippen LogP) is 2.81. The molecule has 0 aliphatic rings. The number of aryl methyl sites for hydroxylation is 2. The summed E-state index contributed by atoms with van der Waals surface area (Å²) in [6.07, 6.45) is 0.978. The highest BCUT2D eigenvalue weighted by molar-refractivity contribution is 6.39. The van der Waals surface area contributed by atoms with Crippen LogP contribution in [0, 0.1) is 6.92 Å². The SMILES string of the molecule is CCc1ccc(CNC(=O)C(=O)Nc2ccc(C)cc2)cc1. The summed E-state index contributed by atoms with van der Waals surface area (Å²) in [7, 11) is 0. The van der Waals surface area contributed by atoms with E-state index in [1.165, 1.54) is 5.56 Å². The summed E-state index contributed by atoms with van der Waals surface area (Å²) >= 11 is 0. The van der Waals surface area contributed by atoms with Crippen molar-refractivity contribution >= 4 is 17.5 Å². The smallest absolute Gasteiger partial charge is 0.313 e. The van der Waals surface area contributed by atoms with Gasteiger partial charge in [0.1, 0.15) is 0 Å². The third-order valence-corrected chi connectivity index (χ3v) is 3.40. The summed E-state index contributed by atoms with van der Waals surface area (Å²) in [6, 6.07) is 15.2. The van der Waals surface area contributed by atoms with Crippen LogP contribution < -0.4 is 10.6 Å². The fraction of sp³-hybridized carbons (Fsp3) is 0.222. The van der Waals surface area contributed by atoms with Crippen LogP contribution in [-0.4, -0.2) is 11.8 Å². The molecule has 0 unspecified atom stereocenters. The minimum atomic E-state index is -0.658. The average molecular weight is 296 g/mol. The molecule has 4 nitrogen and oxygen atoms in total. The van der Waals surface area contributed by atoms with Gasteiger partial charge in [0.15, 0.2) is 0 Å². The third-order valence-electron chi connectivity index (χ3n) is 3.40. The van der Waals surface area contributed by atoms with Crippen LogP contribution in [-0.2, 0) is 22.6 Å². The summed E-state index contributed by atoms with van der Waals surface area (Å²) in [4.78, 5) is 23.6. The van der Waals surface area contributed by atoms with Crippen molar-refractivity contribution in [1.29, 1.82) is 0 Å². The van der Waals surface area contributed by atoms with Gasteiger partial charge in [-0.2, -0.15) is 0 Å². The van der Waals surface area contributed by atoms with Crippen molar-refractivity contribution in [3.8, 4) is 0 Å². The van der Waals surface area contributed by atoms with E-state index in [2.05, 4.69) is 17.6 Å². The Labute approximate surface area is 130 Å². The van der Waals surface area contributed by atoms with E-state index < -0.39 is 11.8 Å². The Hall–Kier alpha value is -2.62. The van der Waals surface area contributed by atoms with Crippen LogP contribution in [0.25, 0.3) is 0 Å². The number of amides is 2. The predicted molar refractivity (Wildman–Crippen MR) is 87.5 cm³/mol. The Morgan fingerprint density at radius 2 is 1.45 bits per heavy atom. The summed E-state index contributed by atoms with van der Waals surface area (Å²) in [6.45, 7) is 4.39. The van der Waals surface area contributed by atoms with Crippen molar-refractivity contribution < 1.29 is 9.59 Å². The molecule has 0 radical (unpaired) electrons. The number of carbonyl (C=O) groups excluding carboxylic acids is 2. The van der Waals surface area contributed by atoms with Gasteiger partial charge in [-0.1, -0.05) is 48.9 Å². The summed E-state index contributed by atoms with van der Waals surface area (Å²) in [5, 5.41) is 5.19.